The van der Waals surface area contributed by atoms with Crippen molar-refractivity contribution in [2.75, 3.05) is 5.32 Å². The normalized spacial score (nSPS) is 12.2. The average molecular weight is 313 g/mol. The predicted octanol–water partition coefficient (Wildman–Crippen LogP) is 4.04. The van der Waals surface area contributed by atoms with Crippen LogP contribution in [-0.2, 0) is 11.2 Å². The van der Waals surface area contributed by atoms with Gasteiger partial charge in [0, 0.05) is 11.6 Å². The van der Waals surface area contributed by atoms with Crippen molar-refractivity contribution in [1.82, 2.24) is 0 Å². The number of hydrogen-bond donors (Lipinski definition) is 3. The molecule has 1 atom stereocenters. The summed E-state index contributed by atoms with van der Waals surface area (Å²) in [6.07, 6.45) is 0.490. The molecular weight excluding hydrogens is 290 g/mol. The minimum atomic E-state index is -0.251. The Morgan fingerprint density at radius 3 is 2.39 bits per heavy atom. The highest BCUT2D eigenvalue weighted by molar-refractivity contribution is 5.93. The maximum atomic E-state index is 12.4. The molecule has 0 aliphatic heterocycles. The third-order valence-corrected chi connectivity index (χ3v) is 3.87. The van der Waals surface area contributed by atoms with Gasteiger partial charge in [-0.05, 0) is 41.7 Å². The van der Waals surface area contributed by atoms with Crippen LogP contribution in [0.5, 0.6) is 11.5 Å². The van der Waals surface area contributed by atoms with Gasteiger partial charge >= 0.3 is 0 Å². The summed E-state index contributed by atoms with van der Waals surface area (Å²) in [5.41, 5.74) is 2.75. The van der Waals surface area contributed by atoms with Crippen LogP contribution in [0.25, 0.3) is 0 Å². The third-order valence-electron chi connectivity index (χ3n) is 3.87. The summed E-state index contributed by atoms with van der Waals surface area (Å²) in [6.45, 7) is 6.03. The van der Waals surface area contributed by atoms with E-state index < -0.39 is 0 Å². The van der Waals surface area contributed by atoms with Gasteiger partial charge in [-0.3, -0.25) is 4.79 Å². The molecular formula is C19H23NO3. The van der Waals surface area contributed by atoms with Crippen LogP contribution >= 0.6 is 0 Å². The van der Waals surface area contributed by atoms with E-state index in [1.54, 1.807) is 6.07 Å². The number of hydrogen-bond acceptors (Lipinski definition) is 3. The highest BCUT2D eigenvalue weighted by Crippen LogP contribution is 2.27. The van der Waals surface area contributed by atoms with Crippen LogP contribution in [-0.4, -0.2) is 16.1 Å². The number of rotatable bonds is 5. The second kappa shape index (κ2) is 7.18. The quantitative estimate of drug-likeness (QED) is 0.730. The fourth-order valence-electron chi connectivity index (χ4n) is 2.51. The molecule has 4 nitrogen and oxygen atoms in total. The molecule has 1 unspecified atom stereocenters. The molecule has 1 amide bonds. The van der Waals surface area contributed by atoms with Crippen LogP contribution in [0.1, 0.15) is 37.8 Å². The van der Waals surface area contributed by atoms with E-state index in [1.807, 2.05) is 31.2 Å². The summed E-state index contributed by atoms with van der Waals surface area (Å²) in [4.78, 5) is 12.4. The summed E-state index contributed by atoms with van der Waals surface area (Å²) in [5.74, 6) is -0.308. The lowest BCUT2D eigenvalue weighted by molar-refractivity contribution is -0.119. The van der Waals surface area contributed by atoms with Crippen LogP contribution in [0.3, 0.4) is 0 Å². The number of carbonyl (C=O) groups is 1. The molecule has 122 valence electrons. The van der Waals surface area contributed by atoms with Crippen molar-refractivity contribution in [3.05, 3.63) is 53.6 Å². The van der Waals surface area contributed by atoms with Crippen molar-refractivity contribution in [3.8, 4) is 11.5 Å². The largest absolute Gasteiger partial charge is 0.504 e. The van der Waals surface area contributed by atoms with Gasteiger partial charge in [-0.25, -0.2) is 0 Å². The van der Waals surface area contributed by atoms with Gasteiger partial charge in [0.15, 0.2) is 11.5 Å². The Balaban J connectivity index is 2.07. The second-order valence-corrected chi connectivity index (χ2v) is 6.16. The Labute approximate surface area is 136 Å². The maximum Gasteiger partial charge on any atom is 0.227 e. The van der Waals surface area contributed by atoms with E-state index in [0.29, 0.717) is 12.3 Å². The van der Waals surface area contributed by atoms with E-state index in [-0.39, 0.29) is 23.3 Å². The number of amides is 1. The summed E-state index contributed by atoms with van der Waals surface area (Å²) in [7, 11) is 0. The zero-order valence-electron chi connectivity index (χ0n) is 13.7. The fraction of sp³-hybridized carbons (Fsp3) is 0.316. The molecule has 0 aromatic heterocycles. The molecule has 0 saturated heterocycles. The number of nitrogens with one attached hydrogen (secondary N) is 1. The summed E-state index contributed by atoms with van der Waals surface area (Å²) >= 11 is 0. The van der Waals surface area contributed by atoms with E-state index in [0.717, 1.165) is 16.8 Å². The van der Waals surface area contributed by atoms with Gasteiger partial charge in [0.2, 0.25) is 5.91 Å². The standard InChI is InChI=1S/C19H23NO3/c1-12(2)15-6-4-5-7-16(15)20-19(23)13(3)10-14-8-9-17(21)18(22)11-14/h4-9,11-13,21-22H,10H2,1-3H3,(H,20,23). The zero-order chi connectivity index (χ0) is 17.0. The van der Waals surface area contributed by atoms with E-state index in [1.165, 1.54) is 12.1 Å². The summed E-state index contributed by atoms with van der Waals surface area (Å²) < 4.78 is 0. The van der Waals surface area contributed by atoms with Gasteiger partial charge in [0.1, 0.15) is 0 Å². The highest BCUT2D eigenvalue weighted by Gasteiger charge is 2.16. The highest BCUT2D eigenvalue weighted by atomic mass is 16.3. The number of para-hydroxylation sites is 1. The van der Waals surface area contributed by atoms with Crippen molar-refractivity contribution < 1.29 is 15.0 Å². The van der Waals surface area contributed by atoms with E-state index >= 15 is 0 Å². The Morgan fingerprint density at radius 1 is 1.04 bits per heavy atom. The minimum absolute atomic E-state index is 0.0642. The van der Waals surface area contributed by atoms with Gasteiger partial charge in [-0.1, -0.05) is 45.0 Å². The molecule has 0 fully saturated rings. The monoisotopic (exact) mass is 313 g/mol. The molecule has 3 N–H and O–H groups in total. The first-order valence-corrected chi connectivity index (χ1v) is 7.79. The second-order valence-electron chi connectivity index (χ2n) is 6.16. The first-order chi connectivity index (χ1) is 10.9. The Hall–Kier alpha value is -2.49. The SMILES string of the molecule is CC(Cc1ccc(O)c(O)c1)C(=O)Nc1ccccc1C(C)C. The van der Waals surface area contributed by atoms with E-state index in [2.05, 4.69) is 19.2 Å². The van der Waals surface area contributed by atoms with Gasteiger partial charge in [-0.2, -0.15) is 0 Å². The summed E-state index contributed by atoms with van der Waals surface area (Å²) in [6, 6.07) is 12.4. The molecule has 0 heterocycles. The molecule has 2 aromatic carbocycles. The van der Waals surface area contributed by atoms with Gasteiger partial charge in [0.25, 0.3) is 0 Å². The molecule has 0 aliphatic carbocycles. The van der Waals surface area contributed by atoms with Gasteiger partial charge < -0.3 is 15.5 Å². The molecule has 4 heteroatoms. The molecule has 2 rings (SSSR count). The van der Waals surface area contributed by atoms with E-state index in [9.17, 15) is 15.0 Å². The van der Waals surface area contributed by atoms with Gasteiger partial charge in [-0.15, -0.1) is 0 Å². The number of benzene rings is 2. The molecule has 0 saturated carbocycles. The van der Waals surface area contributed by atoms with Crippen LogP contribution in [0.2, 0.25) is 0 Å². The van der Waals surface area contributed by atoms with Crippen LogP contribution in [0.4, 0.5) is 5.69 Å². The van der Waals surface area contributed by atoms with Crippen molar-refractivity contribution in [2.45, 2.75) is 33.1 Å². The first kappa shape index (κ1) is 16.9. The lowest BCUT2D eigenvalue weighted by atomic mass is 9.98. The van der Waals surface area contributed by atoms with Crippen molar-refractivity contribution in [1.29, 1.82) is 0 Å². The lowest BCUT2D eigenvalue weighted by Crippen LogP contribution is -2.23. The van der Waals surface area contributed by atoms with Crippen molar-refractivity contribution in [3.63, 3.8) is 0 Å². The third kappa shape index (κ3) is 4.25. The Morgan fingerprint density at radius 2 is 1.74 bits per heavy atom. The zero-order valence-corrected chi connectivity index (χ0v) is 13.7. The number of aromatic hydroxyl groups is 2. The van der Waals surface area contributed by atoms with Crippen molar-refractivity contribution in [2.24, 2.45) is 5.92 Å². The minimum Gasteiger partial charge on any atom is -0.504 e. The smallest absolute Gasteiger partial charge is 0.227 e. The van der Waals surface area contributed by atoms with Crippen LogP contribution in [0.15, 0.2) is 42.5 Å². The fourth-order valence-corrected chi connectivity index (χ4v) is 2.51. The van der Waals surface area contributed by atoms with Crippen LogP contribution < -0.4 is 5.32 Å². The summed E-state index contributed by atoms with van der Waals surface area (Å²) in [5, 5.41) is 21.9. The van der Waals surface area contributed by atoms with E-state index in [4.69, 9.17) is 0 Å². The topological polar surface area (TPSA) is 69.6 Å². The average Bonchev–Trinajstić information content (AvgIpc) is 2.51. The molecule has 0 aliphatic rings. The Bertz CT molecular complexity index is 695. The predicted molar refractivity (Wildman–Crippen MR) is 91.8 cm³/mol. The number of phenols is 2. The molecule has 2 aromatic rings. The maximum absolute atomic E-state index is 12.4. The Kier molecular flexibility index (Phi) is 5.27. The van der Waals surface area contributed by atoms with Gasteiger partial charge in [0.05, 0.1) is 0 Å². The van der Waals surface area contributed by atoms with Crippen molar-refractivity contribution >= 4 is 11.6 Å². The number of anilines is 1. The lowest BCUT2D eigenvalue weighted by Gasteiger charge is -2.17. The molecule has 0 bridgehead atoms. The molecule has 0 spiro atoms. The first-order valence-electron chi connectivity index (χ1n) is 7.79. The molecule has 0 radical (unpaired) electrons. The molecule has 23 heavy (non-hydrogen) atoms. The number of carbonyl (C=O) groups excluding carboxylic acids is 1. The van der Waals surface area contributed by atoms with Crippen LogP contribution in [0, 0.1) is 5.92 Å². The number of phenolic OH excluding ortho intramolecular Hbond substituents is 2.